The molecule has 3 rings (SSSR count). The van der Waals surface area contributed by atoms with Gasteiger partial charge in [0.25, 0.3) is 5.91 Å². The Balaban J connectivity index is 1.75. The Morgan fingerprint density at radius 2 is 1.76 bits per heavy atom. The van der Waals surface area contributed by atoms with Crippen molar-refractivity contribution in [3.8, 4) is 5.75 Å². The fourth-order valence-electron chi connectivity index (χ4n) is 2.66. The molecule has 0 atom stereocenters. The predicted octanol–water partition coefficient (Wildman–Crippen LogP) is 2.99. The van der Waals surface area contributed by atoms with Gasteiger partial charge in [-0.25, -0.2) is 0 Å². The Morgan fingerprint density at radius 1 is 1.08 bits per heavy atom. The van der Waals surface area contributed by atoms with Crippen LogP contribution in [0.2, 0.25) is 0 Å². The Hall–Kier alpha value is -3.15. The Bertz CT molecular complexity index is 798. The van der Waals surface area contributed by atoms with Crippen LogP contribution in [0.4, 0.5) is 11.4 Å². The minimum absolute atomic E-state index is 0.210. The maximum atomic E-state index is 12.4. The molecule has 1 aliphatic rings. The van der Waals surface area contributed by atoms with E-state index in [4.69, 9.17) is 4.74 Å². The van der Waals surface area contributed by atoms with Crippen molar-refractivity contribution < 1.29 is 19.1 Å². The Kier molecular flexibility index (Phi) is 4.79. The molecule has 128 valence electrons. The molecular weight excluding hydrogens is 320 g/mol. The van der Waals surface area contributed by atoms with Crippen molar-refractivity contribution >= 4 is 29.1 Å². The van der Waals surface area contributed by atoms with E-state index in [-0.39, 0.29) is 30.6 Å². The van der Waals surface area contributed by atoms with E-state index in [1.54, 1.807) is 48.5 Å². The number of nitrogens with zero attached hydrogens (tertiary/aromatic N) is 1. The average molecular weight is 338 g/mol. The number of imide groups is 1. The number of carbonyl (C=O) groups excluding carboxylic acids is 3. The van der Waals surface area contributed by atoms with Crippen molar-refractivity contribution in [1.29, 1.82) is 0 Å². The molecule has 2 aromatic carbocycles. The maximum absolute atomic E-state index is 12.4. The van der Waals surface area contributed by atoms with Gasteiger partial charge >= 0.3 is 0 Å². The van der Waals surface area contributed by atoms with Crippen LogP contribution in [0.15, 0.2) is 48.5 Å². The minimum atomic E-state index is -0.315. The van der Waals surface area contributed by atoms with Crippen molar-refractivity contribution in [1.82, 2.24) is 0 Å². The summed E-state index contributed by atoms with van der Waals surface area (Å²) in [6, 6.07) is 13.5. The van der Waals surface area contributed by atoms with E-state index >= 15 is 0 Å². The summed E-state index contributed by atoms with van der Waals surface area (Å²) >= 11 is 0. The summed E-state index contributed by atoms with van der Waals surface area (Å²) in [6.45, 7) is 2.48. The highest BCUT2D eigenvalue weighted by molar-refractivity contribution is 6.20. The first-order chi connectivity index (χ1) is 12.1. The third-order valence-electron chi connectivity index (χ3n) is 3.84. The molecule has 0 saturated carbocycles. The minimum Gasteiger partial charge on any atom is -0.494 e. The highest BCUT2D eigenvalue weighted by Crippen LogP contribution is 2.24. The van der Waals surface area contributed by atoms with Gasteiger partial charge in [0.2, 0.25) is 11.8 Å². The summed E-state index contributed by atoms with van der Waals surface area (Å²) in [4.78, 5) is 37.2. The second kappa shape index (κ2) is 7.17. The lowest BCUT2D eigenvalue weighted by Crippen LogP contribution is -2.28. The number of carbonyl (C=O) groups is 3. The number of anilines is 2. The molecule has 0 radical (unpaired) electrons. The van der Waals surface area contributed by atoms with Crippen LogP contribution in [0, 0.1) is 0 Å². The van der Waals surface area contributed by atoms with Gasteiger partial charge in [-0.3, -0.25) is 19.3 Å². The molecule has 0 aromatic heterocycles. The Labute approximate surface area is 145 Å². The van der Waals surface area contributed by atoms with E-state index in [1.165, 1.54) is 0 Å². The highest BCUT2D eigenvalue weighted by atomic mass is 16.5. The van der Waals surface area contributed by atoms with Crippen LogP contribution in [0.25, 0.3) is 0 Å². The Morgan fingerprint density at radius 3 is 2.40 bits per heavy atom. The summed E-state index contributed by atoms with van der Waals surface area (Å²) in [5.41, 5.74) is 1.43. The van der Waals surface area contributed by atoms with Crippen LogP contribution in [-0.4, -0.2) is 24.3 Å². The first-order valence-corrected chi connectivity index (χ1v) is 8.08. The van der Waals surface area contributed by atoms with Gasteiger partial charge in [0.15, 0.2) is 0 Å². The van der Waals surface area contributed by atoms with E-state index < -0.39 is 0 Å². The number of hydrogen-bond donors (Lipinski definition) is 1. The molecule has 1 aliphatic heterocycles. The number of benzene rings is 2. The van der Waals surface area contributed by atoms with Crippen LogP contribution in [0.3, 0.4) is 0 Å². The molecule has 0 aliphatic carbocycles. The fraction of sp³-hybridized carbons (Fsp3) is 0.211. The lowest BCUT2D eigenvalue weighted by molar-refractivity contribution is -0.121. The van der Waals surface area contributed by atoms with Crippen LogP contribution in [-0.2, 0) is 9.59 Å². The molecule has 1 saturated heterocycles. The van der Waals surface area contributed by atoms with E-state index in [1.807, 2.05) is 6.92 Å². The smallest absolute Gasteiger partial charge is 0.255 e. The van der Waals surface area contributed by atoms with Crippen LogP contribution >= 0.6 is 0 Å². The molecule has 0 bridgehead atoms. The zero-order valence-corrected chi connectivity index (χ0v) is 13.8. The van der Waals surface area contributed by atoms with Gasteiger partial charge in [-0.15, -0.1) is 0 Å². The number of ether oxygens (including phenoxy) is 1. The van der Waals surface area contributed by atoms with Crippen molar-refractivity contribution in [3.05, 3.63) is 54.1 Å². The molecule has 25 heavy (non-hydrogen) atoms. The molecule has 1 N–H and O–H groups in total. The number of hydrogen-bond acceptors (Lipinski definition) is 4. The summed E-state index contributed by atoms with van der Waals surface area (Å²) in [7, 11) is 0. The largest absolute Gasteiger partial charge is 0.494 e. The monoisotopic (exact) mass is 338 g/mol. The third kappa shape index (κ3) is 3.68. The lowest BCUT2D eigenvalue weighted by atomic mass is 10.1. The quantitative estimate of drug-likeness (QED) is 0.851. The van der Waals surface area contributed by atoms with Crippen molar-refractivity contribution in [3.63, 3.8) is 0 Å². The molecule has 6 nitrogen and oxygen atoms in total. The first-order valence-electron chi connectivity index (χ1n) is 8.08. The number of amides is 3. The van der Waals surface area contributed by atoms with Crippen LogP contribution in [0.5, 0.6) is 5.75 Å². The fourth-order valence-corrected chi connectivity index (χ4v) is 2.66. The van der Waals surface area contributed by atoms with Gasteiger partial charge in [-0.2, -0.15) is 0 Å². The average Bonchev–Trinajstić information content (AvgIpc) is 2.95. The first kappa shape index (κ1) is 16.7. The van der Waals surface area contributed by atoms with Crippen molar-refractivity contribution in [2.75, 3.05) is 16.8 Å². The van der Waals surface area contributed by atoms with Crippen molar-refractivity contribution in [2.45, 2.75) is 19.8 Å². The second-order valence-corrected chi connectivity index (χ2v) is 5.58. The van der Waals surface area contributed by atoms with Crippen LogP contribution in [0.1, 0.15) is 30.1 Å². The van der Waals surface area contributed by atoms with E-state index in [0.717, 1.165) is 10.6 Å². The van der Waals surface area contributed by atoms with Gasteiger partial charge in [-0.05, 0) is 49.4 Å². The van der Waals surface area contributed by atoms with E-state index in [9.17, 15) is 14.4 Å². The highest BCUT2D eigenvalue weighted by Gasteiger charge is 2.30. The normalized spacial score (nSPS) is 13.9. The summed E-state index contributed by atoms with van der Waals surface area (Å²) < 4.78 is 5.36. The maximum Gasteiger partial charge on any atom is 0.255 e. The van der Waals surface area contributed by atoms with Gasteiger partial charge in [-0.1, -0.05) is 6.07 Å². The lowest BCUT2D eigenvalue weighted by Gasteiger charge is -2.15. The number of nitrogens with one attached hydrogen (secondary N) is 1. The second-order valence-electron chi connectivity index (χ2n) is 5.58. The third-order valence-corrected chi connectivity index (χ3v) is 3.84. The van der Waals surface area contributed by atoms with E-state index in [2.05, 4.69) is 5.32 Å². The summed E-state index contributed by atoms with van der Waals surface area (Å²) in [6.07, 6.45) is 0.420. The molecule has 0 spiro atoms. The molecule has 3 amide bonds. The molecule has 1 heterocycles. The summed E-state index contributed by atoms with van der Waals surface area (Å²) in [5.74, 6) is -0.0678. The zero-order valence-electron chi connectivity index (χ0n) is 13.8. The standard InChI is InChI=1S/C19H18N2O4/c1-2-25-16-8-6-14(7-9-16)20-19(24)13-4-3-5-15(12-13)21-17(22)10-11-18(21)23/h3-9,12H,2,10-11H2,1H3,(H,20,24). The molecule has 1 fully saturated rings. The molecule has 2 aromatic rings. The van der Waals surface area contributed by atoms with Gasteiger partial charge in [0.05, 0.1) is 12.3 Å². The topological polar surface area (TPSA) is 75.7 Å². The molecule has 0 unspecified atom stereocenters. The van der Waals surface area contributed by atoms with Crippen LogP contribution < -0.4 is 15.0 Å². The van der Waals surface area contributed by atoms with E-state index in [0.29, 0.717) is 23.5 Å². The number of rotatable bonds is 5. The van der Waals surface area contributed by atoms with Crippen molar-refractivity contribution in [2.24, 2.45) is 0 Å². The zero-order chi connectivity index (χ0) is 17.8. The molecule has 6 heteroatoms. The summed E-state index contributed by atoms with van der Waals surface area (Å²) in [5, 5.41) is 2.78. The SMILES string of the molecule is CCOc1ccc(NC(=O)c2cccc(N3C(=O)CCC3=O)c2)cc1. The predicted molar refractivity (Wildman–Crippen MR) is 93.7 cm³/mol. The van der Waals surface area contributed by atoms with Gasteiger partial charge in [0.1, 0.15) is 5.75 Å². The van der Waals surface area contributed by atoms with Gasteiger partial charge < -0.3 is 10.1 Å². The molecular formula is C19H18N2O4. The van der Waals surface area contributed by atoms with Gasteiger partial charge in [0, 0.05) is 24.1 Å².